The highest BCUT2D eigenvalue weighted by molar-refractivity contribution is 7.99. The summed E-state index contributed by atoms with van der Waals surface area (Å²) >= 11 is 0.675. The zero-order valence-corrected chi connectivity index (χ0v) is 18.1. The van der Waals surface area contributed by atoms with Crippen molar-refractivity contribution in [3.63, 3.8) is 0 Å². The Morgan fingerprint density at radius 3 is 2.52 bits per heavy atom. The molecule has 1 aliphatic rings. The van der Waals surface area contributed by atoms with Crippen LogP contribution in [0.3, 0.4) is 0 Å². The molecule has 170 valence electrons. The molecule has 31 heavy (non-hydrogen) atoms. The first-order valence-corrected chi connectivity index (χ1v) is 11.7. The number of thioether (sulfide) groups is 1. The molecule has 2 heterocycles. The van der Waals surface area contributed by atoms with Crippen molar-refractivity contribution in [3.8, 4) is 0 Å². The number of rotatable bonds is 6. The number of benzene rings is 1. The van der Waals surface area contributed by atoms with Crippen molar-refractivity contribution in [3.05, 3.63) is 29.6 Å². The molecule has 3 rings (SSSR count). The Bertz CT molecular complexity index is 1070. The zero-order chi connectivity index (χ0) is 22.8. The number of aromatic nitrogens is 3. The number of alkyl halides is 3. The standard InChI is InChI=1S/C17H21F3N6O3S2/c1-11-5-6-12(31(28,29)25-7-3-2-4-8-25)9-13(11)22-14(27)10-30-16-24-23-15(26(16)21)17(18,19)20/h5-6,9H,2-4,7-8,10,21H2,1H3,(H,22,27). The van der Waals surface area contributed by atoms with E-state index in [-0.39, 0.29) is 20.5 Å². The summed E-state index contributed by atoms with van der Waals surface area (Å²) in [4.78, 5) is 12.4. The second kappa shape index (κ2) is 9.04. The smallest absolute Gasteiger partial charge is 0.335 e. The van der Waals surface area contributed by atoms with Gasteiger partial charge in [0.1, 0.15) is 0 Å². The van der Waals surface area contributed by atoms with E-state index in [1.54, 1.807) is 13.0 Å². The summed E-state index contributed by atoms with van der Waals surface area (Å²) in [6, 6.07) is 4.46. The number of nitrogens with zero attached hydrogens (tertiary/aromatic N) is 4. The average molecular weight is 479 g/mol. The Hall–Kier alpha value is -2.32. The lowest BCUT2D eigenvalue weighted by molar-refractivity contribution is -0.146. The van der Waals surface area contributed by atoms with Gasteiger partial charge >= 0.3 is 6.18 Å². The summed E-state index contributed by atoms with van der Waals surface area (Å²) < 4.78 is 65.6. The number of carbonyl (C=O) groups is 1. The Kier molecular flexibility index (Phi) is 6.81. The topological polar surface area (TPSA) is 123 Å². The van der Waals surface area contributed by atoms with Crippen molar-refractivity contribution in [2.75, 3.05) is 30.0 Å². The summed E-state index contributed by atoms with van der Waals surface area (Å²) in [6.07, 6.45) is -2.18. The van der Waals surface area contributed by atoms with Gasteiger partial charge in [0.05, 0.1) is 10.6 Å². The van der Waals surface area contributed by atoms with E-state index >= 15 is 0 Å². The van der Waals surface area contributed by atoms with Gasteiger partial charge in [0.2, 0.25) is 21.1 Å². The number of carbonyl (C=O) groups excluding carboxylic acids is 1. The number of hydrogen-bond donors (Lipinski definition) is 2. The molecule has 1 aromatic heterocycles. The number of aryl methyl sites for hydroxylation is 1. The third-order valence-corrected chi connectivity index (χ3v) is 7.52. The molecule has 1 aromatic carbocycles. The molecule has 1 fully saturated rings. The molecular formula is C17H21F3N6O3S2. The van der Waals surface area contributed by atoms with Gasteiger partial charge in [0, 0.05) is 18.8 Å². The molecule has 1 saturated heterocycles. The molecule has 0 bridgehead atoms. The third kappa shape index (κ3) is 5.30. The SMILES string of the molecule is Cc1ccc(S(=O)(=O)N2CCCCC2)cc1NC(=O)CSc1nnc(C(F)(F)F)n1N. The highest BCUT2D eigenvalue weighted by atomic mass is 32.2. The predicted octanol–water partition coefficient (Wildman–Crippen LogP) is 2.22. The first-order valence-electron chi connectivity index (χ1n) is 9.31. The number of halogens is 3. The van der Waals surface area contributed by atoms with Crippen LogP contribution in [-0.2, 0) is 21.0 Å². The van der Waals surface area contributed by atoms with Crippen LogP contribution in [0.4, 0.5) is 18.9 Å². The van der Waals surface area contributed by atoms with E-state index in [4.69, 9.17) is 5.84 Å². The van der Waals surface area contributed by atoms with Crippen LogP contribution in [0.25, 0.3) is 0 Å². The summed E-state index contributed by atoms with van der Waals surface area (Å²) in [5, 5.41) is 8.64. The number of nitrogen functional groups attached to an aromatic ring is 1. The van der Waals surface area contributed by atoms with E-state index < -0.39 is 27.9 Å². The van der Waals surface area contributed by atoms with Crippen molar-refractivity contribution in [1.29, 1.82) is 0 Å². The maximum atomic E-state index is 12.9. The highest BCUT2D eigenvalue weighted by Gasteiger charge is 2.38. The maximum Gasteiger partial charge on any atom is 0.453 e. The van der Waals surface area contributed by atoms with Gasteiger partial charge in [-0.05, 0) is 37.5 Å². The predicted molar refractivity (Wildman–Crippen MR) is 108 cm³/mol. The molecule has 3 N–H and O–H groups in total. The van der Waals surface area contributed by atoms with Crippen molar-refractivity contribution in [1.82, 2.24) is 19.2 Å². The minimum absolute atomic E-state index is 0.0690. The van der Waals surface area contributed by atoms with E-state index in [1.165, 1.54) is 16.4 Å². The number of sulfonamides is 1. The fourth-order valence-corrected chi connectivity index (χ4v) is 5.24. The molecule has 0 atom stereocenters. The lowest BCUT2D eigenvalue weighted by Gasteiger charge is -2.26. The van der Waals surface area contributed by atoms with Gasteiger partial charge in [-0.25, -0.2) is 13.1 Å². The number of piperidine rings is 1. The van der Waals surface area contributed by atoms with Crippen molar-refractivity contribution < 1.29 is 26.4 Å². The summed E-state index contributed by atoms with van der Waals surface area (Å²) in [6.45, 7) is 2.61. The minimum Gasteiger partial charge on any atom is -0.335 e. The largest absolute Gasteiger partial charge is 0.453 e. The third-order valence-electron chi connectivity index (χ3n) is 4.69. The van der Waals surface area contributed by atoms with Crippen LogP contribution in [0, 0.1) is 6.92 Å². The number of hydrogen-bond acceptors (Lipinski definition) is 7. The van der Waals surface area contributed by atoms with Gasteiger partial charge < -0.3 is 11.2 Å². The minimum atomic E-state index is -4.76. The summed E-state index contributed by atoms with van der Waals surface area (Å²) in [5.41, 5.74) is 0.936. The molecule has 9 nitrogen and oxygen atoms in total. The normalized spacial score (nSPS) is 15.7. The number of nitrogens with two attached hydrogens (primary N) is 1. The Labute approximate surface area is 181 Å². The van der Waals surface area contributed by atoms with Crippen LogP contribution in [0.2, 0.25) is 0 Å². The Balaban J connectivity index is 1.69. The molecule has 14 heteroatoms. The lowest BCUT2D eigenvalue weighted by atomic mass is 10.2. The van der Waals surface area contributed by atoms with E-state index in [1.807, 2.05) is 0 Å². The lowest BCUT2D eigenvalue weighted by Crippen LogP contribution is -2.35. The number of amides is 1. The molecule has 0 saturated carbocycles. The van der Waals surface area contributed by atoms with Crippen molar-refractivity contribution in [2.24, 2.45) is 0 Å². The maximum absolute atomic E-state index is 12.9. The molecule has 2 aromatic rings. The van der Waals surface area contributed by atoms with Gasteiger partial charge in [-0.3, -0.25) is 4.79 Å². The average Bonchev–Trinajstić information content (AvgIpc) is 3.09. The molecule has 1 amide bonds. The molecule has 1 aliphatic heterocycles. The van der Waals surface area contributed by atoms with Crippen LogP contribution < -0.4 is 11.2 Å². The van der Waals surface area contributed by atoms with Gasteiger partial charge in [-0.2, -0.15) is 17.5 Å². The van der Waals surface area contributed by atoms with Gasteiger partial charge in [-0.1, -0.05) is 24.2 Å². The first kappa shape index (κ1) is 23.3. The van der Waals surface area contributed by atoms with E-state index in [9.17, 15) is 26.4 Å². The van der Waals surface area contributed by atoms with Gasteiger partial charge in [0.25, 0.3) is 5.82 Å². The van der Waals surface area contributed by atoms with Crippen LogP contribution >= 0.6 is 11.8 Å². The second-order valence-corrected chi connectivity index (χ2v) is 9.83. The quantitative estimate of drug-likeness (QED) is 0.482. The fourth-order valence-electron chi connectivity index (χ4n) is 3.04. The molecule has 0 unspecified atom stereocenters. The van der Waals surface area contributed by atoms with Gasteiger partial charge in [0.15, 0.2) is 0 Å². The van der Waals surface area contributed by atoms with Crippen molar-refractivity contribution in [2.45, 2.75) is 42.4 Å². The van der Waals surface area contributed by atoms with E-state index in [0.29, 0.717) is 36.1 Å². The monoisotopic (exact) mass is 478 g/mol. The molecule has 0 radical (unpaired) electrons. The number of anilines is 1. The Morgan fingerprint density at radius 1 is 1.23 bits per heavy atom. The van der Waals surface area contributed by atoms with Crippen LogP contribution in [0.5, 0.6) is 0 Å². The number of nitrogens with one attached hydrogen (secondary N) is 1. The second-order valence-electron chi connectivity index (χ2n) is 6.95. The van der Waals surface area contributed by atoms with Crippen LogP contribution in [0.15, 0.2) is 28.3 Å². The van der Waals surface area contributed by atoms with Crippen LogP contribution in [0.1, 0.15) is 30.7 Å². The van der Waals surface area contributed by atoms with E-state index in [0.717, 1.165) is 19.3 Å². The highest BCUT2D eigenvalue weighted by Crippen LogP contribution is 2.29. The van der Waals surface area contributed by atoms with Crippen LogP contribution in [-0.4, -0.2) is 52.3 Å². The van der Waals surface area contributed by atoms with Gasteiger partial charge in [-0.15, -0.1) is 10.2 Å². The summed E-state index contributed by atoms with van der Waals surface area (Å²) in [5.74, 6) is 3.11. The summed E-state index contributed by atoms with van der Waals surface area (Å²) in [7, 11) is -3.68. The molecule has 0 spiro atoms. The van der Waals surface area contributed by atoms with E-state index in [2.05, 4.69) is 15.5 Å². The first-order chi connectivity index (χ1) is 14.5. The zero-order valence-electron chi connectivity index (χ0n) is 16.5. The fraction of sp³-hybridized carbons (Fsp3) is 0.471. The molecular weight excluding hydrogens is 457 g/mol. The Morgan fingerprint density at radius 2 is 1.90 bits per heavy atom. The molecule has 0 aliphatic carbocycles. The van der Waals surface area contributed by atoms with Crippen molar-refractivity contribution >= 4 is 33.4 Å².